The summed E-state index contributed by atoms with van der Waals surface area (Å²) in [4.78, 5) is 18.8. The smallest absolute Gasteiger partial charge is 0.247 e. The van der Waals surface area contributed by atoms with Gasteiger partial charge in [0.25, 0.3) is 0 Å². The highest BCUT2D eigenvalue weighted by Crippen LogP contribution is 2.44. The minimum atomic E-state index is -0.688. The van der Waals surface area contributed by atoms with Crippen molar-refractivity contribution in [1.82, 2.24) is 15.2 Å². The van der Waals surface area contributed by atoms with Crippen LogP contribution in [0.15, 0.2) is 58.2 Å². The number of ether oxygens (including phenoxy) is 1. The molecule has 0 radical (unpaired) electrons. The Bertz CT molecular complexity index is 1030. The van der Waals surface area contributed by atoms with Crippen LogP contribution in [-0.2, 0) is 4.79 Å². The van der Waals surface area contributed by atoms with Gasteiger partial charge in [0, 0.05) is 22.5 Å². The number of nitrogens with zero attached hydrogens (tertiary/aromatic N) is 4. The summed E-state index contributed by atoms with van der Waals surface area (Å²) < 4.78 is 7.11. The number of carbonyl (C=O) groups is 1. The fraction of sp³-hybridized carbons (Fsp3) is 0.158. The van der Waals surface area contributed by atoms with Crippen molar-refractivity contribution in [3.63, 3.8) is 0 Å². The van der Waals surface area contributed by atoms with E-state index in [1.165, 1.54) is 18.7 Å². The van der Waals surface area contributed by atoms with E-state index >= 15 is 0 Å². The van der Waals surface area contributed by atoms with E-state index in [1.807, 2.05) is 54.8 Å². The SMILES string of the molecule is CSc1nnc2c(n1)O[C@@H](c1ccccc1Br)N(C(C)=O)c1ccccc1-2. The molecular formula is C19H15BrN4O2S. The van der Waals surface area contributed by atoms with Gasteiger partial charge in [-0.3, -0.25) is 9.69 Å². The number of benzene rings is 2. The lowest BCUT2D eigenvalue weighted by molar-refractivity contribution is -0.118. The average Bonchev–Trinajstić information content (AvgIpc) is 2.82. The van der Waals surface area contributed by atoms with Crippen LogP contribution in [0.1, 0.15) is 18.7 Å². The zero-order valence-corrected chi connectivity index (χ0v) is 17.0. The van der Waals surface area contributed by atoms with E-state index in [4.69, 9.17) is 4.74 Å². The van der Waals surface area contributed by atoms with Crippen molar-refractivity contribution < 1.29 is 9.53 Å². The Kier molecular flexibility index (Phi) is 4.84. The van der Waals surface area contributed by atoms with Crippen molar-refractivity contribution >= 4 is 39.3 Å². The first kappa shape index (κ1) is 17.9. The Morgan fingerprint density at radius 1 is 1.15 bits per heavy atom. The van der Waals surface area contributed by atoms with E-state index in [1.54, 1.807) is 4.90 Å². The molecule has 3 aromatic rings. The molecule has 1 aliphatic heterocycles. The highest BCUT2D eigenvalue weighted by molar-refractivity contribution is 9.10. The molecule has 0 fully saturated rings. The molecule has 27 heavy (non-hydrogen) atoms. The van der Waals surface area contributed by atoms with Crippen molar-refractivity contribution in [2.75, 3.05) is 11.2 Å². The number of thioether (sulfide) groups is 1. The lowest BCUT2D eigenvalue weighted by Crippen LogP contribution is -2.36. The molecule has 0 spiro atoms. The molecule has 0 saturated heterocycles. The third kappa shape index (κ3) is 3.19. The van der Waals surface area contributed by atoms with Crippen LogP contribution >= 0.6 is 27.7 Å². The van der Waals surface area contributed by atoms with Gasteiger partial charge in [-0.05, 0) is 18.4 Å². The summed E-state index contributed by atoms with van der Waals surface area (Å²) in [5.41, 5.74) is 2.80. The van der Waals surface area contributed by atoms with Gasteiger partial charge in [-0.1, -0.05) is 64.1 Å². The van der Waals surface area contributed by atoms with Gasteiger partial charge in [0.1, 0.15) is 0 Å². The zero-order valence-electron chi connectivity index (χ0n) is 14.6. The van der Waals surface area contributed by atoms with Gasteiger partial charge in [-0.2, -0.15) is 4.98 Å². The number of hydrogen-bond donors (Lipinski definition) is 0. The number of halogens is 1. The van der Waals surface area contributed by atoms with Crippen LogP contribution < -0.4 is 9.64 Å². The largest absolute Gasteiger partial charge is 0.447 e. The summed E-state index contributed by atoms with van der Waals surface area (Å²) in [6.45, 7) is 1.52. The minimum Gasteiger partial charge on any atom is -0.447 e. The summed E-state index contributed by atoms with van der Waals surface area (Å²) in [6.07, 6.45) is 1.19. The number of anilines is 1. The van der Waals surface area contributed by atoms with E-state index in [2.05, 4.69) is 31.1 Å². The fourth-order valence-electron chi connectivity index (χ4n) is 3.02. The van der Waals surface area contributed by atoms with Crippen molar-refractivity contribution in [2.24, 2.45) is 0 Å². The quantitative estimate of drug-likeness (QED) is 0.545. The molecule has 8 heteroatoms. The maximum atomic E-state index is 12.7. The second-order valence-corrected chi connectivity index (χ2v) is 7.48. The fourth-order valence-corrected chi connectivity index (χ4v) is 3.79. The molecule has 2 heterocycles. The maximum absolute atomic E-state index is 12.7. The molecule has 136 valence electrons. The molecule has 0 N–H and O–H groups in total. The number of amides is 1. The van der Waals surface area contributed by atoms with Crippen molar-refractivity contribution in [3.05, 3.63) is 58.6 Å². The Morgan fingerprint density at radius 2 is 1.89 bits per heavy atom. The first-order valence-corrected chi connectivity index (χ1v) is 10.2. The molecule has 1 aromatic heterocycles. The van der Waals surface area contributed by atoms with E-state index in [0.717, 1.165) is 15.6 Å². The van der Waals surface area contributed by atoms with E-state index in [9.17, 15) is 4.79 Å². The van der Waals surface area contributed by atoms with Gasteiger partial charge in [0.05, 0.1) is 5.69 Å². The third-order valence-corrected chi connectivity index (χ3v) is 5.47. The number of para-hydroxylation sites is 1. The second kappa shape index (κ2) is 7.28. The van der Waals surface area contributed by atoms with Gasteiger partial charge in [-0.15, -0.1) is 10.2 Å². The standard InChI is InChI=1S/C19H15BrN4O2S/c1-11(25)24-15-10-6-4-8-13(15)16-17(21-19(27-2)23-22-16)26-18(24)12-7-3-5-9-14(12)20/h3-10,18H,1-2H3/t18-/m0/s1. The van der Waals surface area contributed by atoms with Gasteiger partial charge in [0.15, 0.2) is 5.69 Å². The van der Waals surface area contributed by atoms with Gasteiger partial charge >= 0.3 is 0 Å². The molecular weight excluding hydrogens is 428 g/mol. The van der Waals surface area contributed by atoms with Crippen LogP contribution in [-0.4, -0.2) is 27.3 Å². The third-order valence-electron chi connectivity index (χ3n) is 4.20. The van der Waals surface area contributed by atoms with Gasteiger partial charge in [-0.25, -0.2) is 0 Å². The minimum absolute atomic E-state index is 0.144. The normalized spacial score (nSPS) is 15.4. The predicted molar refractivity (Wildman–Crippen MR) is 108 cm³/mol. The van der Waals surface area contributed by atoms with Crippen LogP contribution in [0.5, 0.6) is 5.88 Å². The van der Waals surface area contributed by atoms with Crippen LogP contribution in [0.3, 0.4) is 0 Å². The van der Waals surface area contributed by atoms with Crippen LogP contribution in [0.25, 0.3) is 11.3 Å². The average molecular weight is 443 g/mol. The molecule has 0 unspecified atom stereocenters. The van der Waals surface area contributed by atoms with E-state index in [0.29, 0.717) is 22.4 Å². The number of rotatable bonds is 2. The molecule has 4 rings (SSSR count). The highest BCUT2D eigenvalue weighted by atomic mass is 79.9. The van der Waals surface area contributed by atoms with Crippen molar-refractivity contribution in [1.29, 1.82) is 0 Å². The van der Waals surface area contributed by atoms with Gasteiger partial charge < -0.3 is 4.74 Å². The highest BCUT2D eigenvalue weighted by Gasteiger charge is 2.35. The Balaban J connectivity index is 2.00. The topological polar surface area (TPSA) is 68.2 Å². The molecule has 1 amide bonds. The summed E-state index contributed by atoms with van der Waals surface area (Å²) in [5.74, 6) is 0.209. The number of carbonyl (C=O) groups excluding carboxylic acids is 1. The van der Waals surface area contributed by atoms with Crippen molar-refractivity contribution in [2.45, 2.75) is 18.3 Å². The van der Waals surface area contributed by atoms with Crippen LogP contribution in [0.2, 0.25) is 0 Å². The molecule has 1 aliphatic rings. The molecule has 0 aliphatic carbocycles. The Labute approximate surface area is 169 Å². The summed E-state index contributed by atoms with van der Waals surface area (Å²) in [5, 5.41) is 8.98. The lowest BCUT2D eigenvalue weighted by Gasteiger charge is -2.30. The van der Waals surface area contributed by atoms with Crippen LogP contribution in [0, 0.1) is 0 Å². The second-order valence-electron chi connectivity index (χ2n) is 5.85. The van der Waals surface area contributed by atoms with E-state index < -0.39 is 6.23 Å². The number of fused-ring (bicyclic) bond motifs is 3. The number of hydrogen-bond acceptors (Lipinski definition) is 6. The van der Waals surface area contributed by atoms with Gasteiger partial charge in [0.2, 0.25) is 23.2 Å². The summed E-state index contributed by atoms with van der Waals surface area (Å²) in [7, 11) is 0. The molecule has 1 atom stereocenters. The predicted octanol–water partition coefficient (Wildman–Crippen LogP) is 4.47. The first-order chi connectivity index (χ1) is 13.1. The molecule has 6 nitrogen and oxygen atoms in total. The zero-order chi connectivity index (χ0) is 19.0. The summed E-state index contributed by atoms with van der Waals surface area (Å²) >= 11 is 4.95. The Morgan fingerprint density at radius 3 is 2.63 bits per heavy atom. The van der Waals surface area contributed by atoms with Crippen molar-refractivity contribution in [3.8, 4) is 17.1 Å². The van der Waals surface area contributed by atoms with Crippen LogP contribution in [0.4, 0.5) is 5.69 Å². The monoisotopic (exact) mass is 442 g/mol. The summed E-state index contributed by atoms with van der Waals surface area (Å²) in [6, 6.07) is 15.2. The maximum Gasteiger partial charge on any atom is 0.247 e. The molecule has 0 saturated carbocycles. The lowest BCUT2D eigenvalue weighted by atomic mass is 10.1. The molecule has 2 aromatic carbocycles. The molecule has 0 bridgehead atoms. The Hall–Kier alpha value is -2.45. The van der Waals surface area contributed by atoms with E-state index in [-0.39, 0.29) is 5.91 Å². The number of aromatic nitrogens is 3. The first-order valence-electron chi connectivity index (χ1n) is 8.19.